The van der Waals surface area contributed by atoms with E-state index in [0.717, 1.165) is 56.4 Å². The Morgan fingerprint density at radius 2 is 1.47 bits per heavy atom. The first-order chi connectivity index (χ1) is 16.5. The van der Waals surface area contributed by atoms with Gasteiger partial charge in [0.05, 0.1) is 19.1 Å². The zero-order chi connectivity index (χ0) is 24.4. The second kappa shape index (κ2) is 16.7. The Morgan fingerprint density at radius 1 is 0.853 bits per heavy atom. The third-order valence-corrected chi connectivity index (χ3v) is 5.42. The Hall–Kier alpha value is -2.86. The van der Waals surface area contributed by atoms with Gasteiger partial charge in [-0.3, -0.25) is 9.59 Å². The Balaban J connectivity index is 1.54. The molecule has 6 heteroatoms. The molecular formula is C28H40N2O4. The van der Waals surface area contributed by atoms with Gasteiger partial charge < -0.3 is 19.7 Å². The molecule has 0 saturated carbocycles. The second-order valence-corrected chi connectivity index (χ2v) is 8.91. The Morgan fingerprint density at radius 3 is 2.15 bits per heavy atom. The number of carbonyl (C=O) groups is 2. The van der Waals surface area contributed by atoms with Crippen molar-refractivity contribution in [3.63, 3.8) is 0 Å². The van der Waals surface area contributed by atoms with Crippen molar-refractivity contribution in [3.8, 4) is 5.75 Å². The van der Waals surface area contributed by atoms with Gasteiger partial charge in [-0.2, -0.15) is 0 Å². The maximum Gasteiger partial charge on any atom is 0.308 e. The molecule has 0 aliphatic carbocycles. The molecule has 2 rings (SSSR count). The van der Waals surface area contributed by atoms with Gasteiger partial charge in [-0.05, 0) is 44.6 Å². The Bertz CT molecular complexity index is 812. The van der Waals surface area contributed by atoms with Crippen LogP contribution < -0.4 is 10.1 Å². The number of hydrogen-bond donors (Lipinski definition) is 1. The summed E-state index contributed by atoms with van der Waals surface area (Å²) in [6.07, 6.45) is 6.99. The predicted molar refractivity (Wildman–Crippen MR) is 136 cm³/mol. The number of nitrogens with one attached hydrogen (secondary N) is 1. The van der Waals surface area contributed by atoms with Crippen molar-refractivity contribution < 1.29 is 19.1 Å². The highest BCUT2D eigenvalue weighted by Gasteiger charge is 2.18. The third kappa shape index (κ3) is 13.0. The van der Waals surface area contributed by atoms with E-state index in [4.69, 9.17) is 9.47 Å². The van der Waals surface area contributed by atoms with Gasteiger partial charge in [-0.25, -0.2) is 0 Å². The van der Waals surface area contributed by atoms with Crippen molar-refractivity contribution in [2.75, 3.05) is 27.2 Å². The van der Waals surface area contributed by atoms with Crippen LogP contribution in [0.3, 0.4) is 0 Å². The smallest absolute Gasteiger partial charge is 0.308 e. The van der Waals surface area contributed by atoms with Gasteiger partial charge in [0, 0.05) is 13.0 Å². The highest BCUT2D eigenvalue weighted by molar-refractivity contribution is 5.77. The molecule has 0 spiro atoms. The molecule has 1 atom stereocenters. The zero-order valence-corrected chi connectivity index (χ0v) is 20.7. The summed E-state index contributed by atoms with van der Waals surface area (Å²) in [5.74, 6) is 0.622. The highest BCUT2D eigenvalue weighted by Crippen LogP contribution is 2.11. The lowest BCUT2D eigenvalue weighted by molar-refractivity contribution is -0.145. The van der Waals surface area contributed by atoms with Crippen molar-refractivity contribution in [1.82, 2.24) is 10.2 Å². The molecule has 0 fully saturated rings. The fourth-order valence-corrected chi connectivity index (χ4v) is 3.70. The van der Waals surface area contributed by atoms with Crippen LogP contribution in [0.5, 0.6) is 5.75 Å². The number of para-hydroxylation sites is 1. The lowest BCUT2D eigenvalue weighted by atomic mass is 10.1. The molecule has 1 unspecified atom stereocenters. The summed E-state index contributed by atoms with van der Waals surface area (Å²) < 4.78 is 11.1. The summed E-state index contributed by atoms with van der Waals surface area (Å²) in [7, 11) is 3.86. The van der Waals surface area contributed by atoms with Crippen LogP contribution in [0, 0.1) is 0 Å². The number of amides is 1. The Labute approximate surface area is 204 Å². The lowest BCUT2D eigenvalue weighted by Crippen LogP contribution is -2.43. The number of carbonyl (C=O) groups excluding carboxylic acids is 2. The van der Waals surface area contributed by atoms with Gasteiger partial charge in [0.25, 0.3) is 0 Å². The number of unbranched alkanes of at least 4 members (excludes halogenated alkanes) is 5. The average molecular weight is 469 g/mol. The summed E-state index contributed by atoms with van der Waals surface area (Å²) in [4.78, 5) is 26.7. The van der Waals surface area contributed by atoms with Crippen LogP contribution >= 0.6 is 0 Å². The summed E-state index contributed by atoms with van der Waals surface area (Å²) >= 11 is 0. The molecule has 0 heterocycles. The van der Waals surface area contributed by atoms with Crippen molar-refractivity contribution in [3.05, 3.63) is 66.2 Å². The van der Waals surface area contributed by atoms with Crippen LogP contribution in [0.15, 0.2) is 60.7 Å². The summed E-state index contributed by atoms with van der Waals surface area (Å²) in [6, 6.07) is 19.2. The van der Waals surface area contributed by atoms with E-state index in [0.29, 0.717) is 13.0 Å². The van der Waals surface area contributed by atoms with Gasteiger partial charge in [0.15, 0.2) is 0 Å². The van der Waals surface area contributed by atoms with E-state index in [9.17, 15) is 9.59 Å². The van der Waals surface area contributed by atoms with Gasteiger partial charge in [0.2, 0.25) is 5.91 Å². The first kappa shape index (κ1) is 27.4. The molecule has 0 aliphatic heterocycles. The van der Waals surface area contributed by atoms with Crippen molar-refractivity contribution in [1.29, 1.82) is 0 Å². The molecule has 0 aromatic heterocycles. The number of likely N-dealkylation sites (N-methyl/N-ethyl adjacent to an activating group) is 1. The van der Waals surface area contributed by atoms with E-state index >= 15 is 0 Å². The minimum Gasteiger partial charge on any atom is -0.494 e. The van der Waals surface area contributed by atoms with E-state index in [1.165, 1.54) is 0 Å². The van der Waals surface area contributed by atoms with Crippen LogP contribution in [0.1, 0.15) is 56.9 Å². The minimum atomic E-state index is -0.299. The van der Waals surface area contributed by atoms with Crippen molar-refractivity contribution in [2.45, 2.75) is 64.0 Å². The second-order valence-electron chi connectivity index (χ2n) is 8.91. The first-order valence-corrected chi connectivity index (χ1v) is 12.3. The number of hydrogen-bond acceptors (Lipinski definition) is 5. The van der Waals surface area contributed by atoms with Crippen molar-refractivity contribution in [2.24, 2.45) is 0 Å². The molecule has 186 valence electrons. The van der Waals surface area contributed by atoms with Gasteiger partial charge in [0.1, 0.15) is 12.4 Å². The van der Waals surface area contributed by atoms with Crippen LogP contribution in [0.25, 0.3) is 0 Å². The summed E-state index contributed by atoms with van der Waals surface area (Å²) in [5, 5.41) is 3.01. The zero-order valence-electron chi connectivity index (χ0n) is 20.7. The monoisotopic (exact) mass is 468 g/mol. The number of rotatable bonds is 17. The summed E-state index contributed by atoms with van der Waals surface area (Å²) in [6.45, 7) is 1.59. The fourth-order valence-electron chi connectivity index (χ4n) is 3.70. The van der Waals surface area contributed by atoms with Crippen LogP contribution in [0.4, 0.5) is 0 Å². The standard InChI is InChI=1S/C28H40N2O4/c1-30(2)22-25(21-28(32)34-23-24-15-9-7-10-16-24)29-27(31)19-13-5-3-4-6-14-20-33-26-17-11-8-12-18-26/h7-12,15-18,25H,3-6,13-14,19-23H2,1-2H3,(H,29,31). The van der Waals surface area contributed by atoms with E-state index in [1.54, 1.807) is 0 Å². The molecule has 0 saturated heterocycles. The number of nitrogens with zero attached hydrogens (tertiary/aromatic N) is 1. The number of benzene rings is 2. The summed E-state index contributed by atoms with van der Waals surface area (Å²) in [5.41, 5.74) is 0.952. The molecule has 2 aromatic carbocycles. The molecule has 6 nitrogen and oxygen atoms in total. The predicted octanol–water partition coefficient (Wildman–Crippen LogP) is 4.98. The molecule has 0 radical (unpaired) electrons. The molecule has 1 amide bonds. The highest BCUT2D eigenvalue weighted by atomic mass is 16.5. The van der Waals surface area contributed by atoms with E-state index in [2.05, 4.69) is 5.32 Å². The first-order valence-electron chi connectivity index (χ1n) is 12.3. The average Bonchev–Trinajstić information content (AvgIpc) is 2.82. The van der Waals surface area contributed by atoms with E-state index in [-0.39, 0.29) is 30.9 Å². The normalized spacial score (nSPS) is 11.7. The van der Waals surface area contributed by atoms with Crippen LogP contribution in [0.2, 0.25) is 0 Å². The van der Waals surface area contributed by atoms with Crippen molar-refractivity contribution >= 4 is 11.9 Å². The maximum atomic E-state index is 12.4. The van der Waals surface area contributed by atoms with Gasteiger partial charge in [-0.1, -0.05) is 74.2 Å². The molecule has 0 aliphatic rings. The quantitative estimate of drug-likeness (QED) is 0.262. The van der Waals surface area contributed by atoms with Crippen LogP contribution in [-0.2, 0) is 20.9 Å². The molecule has 2 aromatic rings. The van der Waals surface area contributed by atoms with Gasteiger partial charge in [-0.15, -0.1) is 0 Å². The van der Waals surface area contributed by atoms with Gasteiger partial charge >= 0.3 is 5.97 Å². The third-order valence-electron chi connectivity index (χ3n) is 5.42. The van der Waals surface area contributed by atoms with Crippen LogP contribution in [-0.4, -0.2) is 50.1 Å². The van der Waals surface area contributed by atoms with E-state index in [1.807, 2.05) is 79.7 Å². The molecular weight excluding hydrogens is 428 g/mol. The Kier molecular flexibility index (Phi) is 13.5. The lowest BCUT2D eigenvalue weighted by Gasteiger charge is -2.22. The largest absolute Gasteiger partial charge is 0.494 e. The topological polar surface area (TPSA) is 67.9 Å². The maximum absolute atomic E-state index is 12.4. The molecule has 34 heavy (non-hydrogen) atoms. The molecule has 1 N–H and O–H groups in total. The number of ether oxygens (including phenoxy) is 2. The fraction of sp³-hybridized carbons (Fsp3) is 0.500. The molecule has 0 bridgehead atoms. The minimum absolute atomic E-state index is 0.000953. The number of esters is 1. The SMILES string of the molecule is CN(C)CC(CC(=O)OCc1ccccc1)NC(=O)CCCCCCCCOc1ccccc1. The van der Waals surface area contributed by atoms with E-state index < -0.39 is 0 Å².